The monoisotopic (exact) mass is 290 g/mol. The number of carbonyl (C=O) groups excluding carboxylic acids is 1. The first-order valence-corrected chi connectivity index (χ1v) is 6.54. The molecule has 4 nitrogen and oxygen atoms in total. The van der Waals surface area contributed by atoms with Crippen molar-refractivity contribution >= 4 is 17.5 Å². The van der Waals surface area contributed by atoms with E-state index in [-0.39, 0.29) is 11.9 Å². The van der Waals surface area contributed by atoms with Crippen LogP contribution in [0.3, 0.4) is 0 Å². The summed E-state index contributed by atoms with van der Waals surface area (Å²) in [6.07, 6.45) is 1.51. The number of nitrogens with one attached hydrogen (secondary N) is 1. The topological polar surface area (TPSA) is 51.2 Å². The number of ether oxygens (including phenoxy) is 1. The van der Waals surface area contributed by atoms with E-state index in [4.69, 9.17) is 16.3 Å². The van der Waals surface area contributed by atoms with E-state index in [9.17, 15) is 4.79 Å². The molecule has 20 heavy (non-hydrogen) atoms. The second-order valence-corrected chi connectivity index (χ2v) is 4.73. The van der Waals surface area contributed by atoms with Crippen molar-refractivity contribution in [2.45, 2.75) is 13.0 Å². The number of carbonyl (C=O) groups is 1. The van der Waals surface area contributed by atoms with E-state index in [1.54, 1.807) is 13.2 Å². The highest BCUT2D eigenvalue weighted by molar-refractivity contribution is 6.29. The summed E-state index contributed by atoms with van der Waals surface area (Å²) in [6.45, 7) is 1.91. The van der Waals surface area contributed by atoms with Crippen LogP contribution in [0.25, 0.3) is 0 Å². The van der Waals surface area contributed by atoms with Crippen molar-refractivity contribution in [3.8, 4) is 5.75 Å². The smallest absolute Gasteiger partial charge is 0.251 e. The Bertz CT molecular complexity index is 616. The van der Waals surface area contributed by atoms with Gasteiger partial charge in [0.25, 0.3) is 5.91 Å². The summed E-state index contributed by atoms with van der Waals surface area (Å²) in [5, 5.41) is 3.21. The zero-order chi connectivity index (χ0) is 14.5. The van der Waals surface area contributed by atoms with Crippen LogP contribution in [0.5, 0.6) is 5.75 Å². The van der Waals surface area contributed by atoms with Crippen LogP contribution < -0.4 is 10.1 Å². The Labute approximate surface area is 122 Å². The van der Waals surface area contributed by atoms with E-state index in [0.717, 1.165) is 11.3 Å². The molecule has 0 bridgehead atoms. The van der Waals surface area contributed by atoms with E-state index < -0.39 is 0 Å². The summed E-state index contributed by atoms with van der Waals surface area (Å²) in [6, 6.07) is 10.6. The Hall–Kier alpha value is -2.07. The van der Waals surface area contributed by atoms with Crippen molar-refractivity contribution in [2.75, 3.05) is 7.11 Å². The minimum atomic E-state index is -0.190. The Kier molecular flexibility index (Phi) is 4.58. The molecule has 0 saturated carbocycles. The maximum atomic E-state index is 12.1. The molecule has 0 saturated heterocycles. The van der Waals surface area contributed by atoms with Crippen LogP contribution in [0, 0.1) is 0 Å². The van der Waals surface area contributed by atoms with E-state index in [1.165, 1.54) is 12.3 Å². The van der Waals surface area contributed by atoms with Gasteiger partial charge >= 0.3 is 0 Å². The van der Waals surface area contributed by atoms with E-state index in [1.807, 2.05) is 31.2 Å². The Morgan fingerprint density at radius 1 is 1.35 bits per heavy atom. The summed E-state index contributed by atoms with van der Waals surface area (Å²) in [4.78, 5) is 16.0. The zero-order valence-corrected chi connectivity index (χ0v) is 12.0. The predicted molar refractivity (Wildman–Crippen MR) is 78.1 cm³/mol. The normalized spacial score (nSPS) is 11.8. The molecule has 0 aliphatic heterocycles. The lowest BCUT2D eigenvalue weighted by Gasteiger charge is -2.15. The number of hydrogen-bond acceptors (Lipinski definition) is 3. The molecule has 0 aliphatic carbocycles. The van der Waals surface area contributed by atoms with Gasteiger partial charge in [0.05, 0.1) is 13.2 Å². The highest BCUT2D eigenvalue weighted by Gasteiger charge is 2.12. The lowest BCUT2D eigenvalue weighted by molar-refractivity contribution is 0.0939. The molecule has 5 heteroatoms. The second-order valence-electron chi connectivity index (χ2n) is 4.34. The highest BCUT2D eigenvalue weighted by atomic mass is 35.5. The molecular weight excluding hydrogens is 276 g/mol. The molecule has 0 fully saturated rings. The van der Waals surface area contributed by atoms with Gasteiger partial charge in [-0.15, -0.1) is 0 Å². The maximum Gasteiger partial charge on any atom is 0.251 e. The molecular formula is C15H15ClN2O2. The van der Waals surface area contributed by atoms with Crippen LogP contribution in [-0.4, -0.2) is 18.0 Å². The molecule has 2 rings (SSSR count). The van der Waals surface area contributed by atoms with Gasteiger partial charge in [0, 0.05) is 11.8 Å². The number of nitrogens with zero attached hydrogens (tertiary/aromatic N) is 1. The van der Waals surface area contributed by atoms with Crippen molar-refractivity contribution < 1.29 is 9.53 Å². The SMILES string of the molecule is COc1cccc(C(C)NC(=O)c2ccnc(Cl)c2)c1. The predicted octanol–water partition coefficient (Wildman–Crippen LogP) is 3.23. The van der Waals surface area contributed by atoms with Crippen molar-refractivity contribution in [1.29, 1.82) is 0 Å². The molecule has 1 amide bonds. The number of pyridine rings is 1. The third-order valence-corrected chi connectivity index (χ3v) is 3.14. The van der Waals surface area contributed by atoms with Gasteiger partial charge in [-0.05, 0) is 36.8 Å². The number of aromatic nitrogens is 1. The van der Waals surface area contributed by atoms with Gasteiger partial charge in [-0.2, -0.15) is 0 Å². The van der Waals surface area contributed by atoms with Crippen LogP contribution in [-0.2, 0) is 0 Å². The number of hydrogen-bond donors (Lipinski definition) is 1. The summed E-state index contributed by atoms with van der Waals surface area (Å²) in [5.74, 6) is 0.570. The quantitative estimate of drug-likeness (QED) is 0.880. The van der Waals surface area contributed by atoms with Crippen molar-refractivity contribution in [3.63, 3.8) is 0 Å². The molecule has 104 valence electrons. The number of methoxy groups -OCH3 is 1. The fourth-order valence-electron chi connectivity index (χ4n) is 1.82. The van der Waals surface area contributed by atoms with Gasteiger partial charge in [0.2, 0.25) is 0 Å². The molecule has 1 aromatic carbocycles. The van der Waals surface area contributed by atoms with Gasteiger partial charge < -0.3 is 10.1 Å². The van der Waals surface area contributed by atoms with Gasteiger partial charge in [-0.1, -0.05) is 23.7 Å². The van der Waals surface area contributed by atoms with E-state index in [0.29, 0.717) is 10.7 Å². The first-order chi connectivity index (χ1) is 9.60. The minimum Gasteiger partial charge on any atom is -0.497 e. The Balaban J connectivity index is 2.10. The molecule has 2 aromatic rings. The van der Waals surface area contributed by atoms with Crippen LogP contribution >= 0.6 is 11.6 Å². The van der Waals surface area contributed by atoms with E-state index in [2.05, 4.69) is 10.3 Å². The molecule has 1 atom stereocenters. The molecule has 1 unspecified atom stereocenters. The number of rotatable bonds is 4. The fraction of sp³-hybridized carbons (Fsp3) is 0.200. The van der Waals surface area contributed by atoms with Gasteiger partial charge in [0.1, 0.15) is 10.9 Å². The minimum absolute atomic E-state index is 0.135. The first-order valence-electron chi connectivity index (χ1n) is 6.16. The van der Waals surface area contributed by atoms with Gasteiger partial charge in [0.15, 0.2) is 0 Å². The molecule has 0 radical (unpaired) electrons. The maximum absolute atomic E-state index is 12.1. The summed E-state index contributed by atoms with van der Waals surface area (Å²) < 4.78 is 5.17. The van der Waals surface area contributed by atoms with Gasteiger partial charge in [-0.25, -0.2) is 4.98 Å². The lowest BCUT2D eigenvalue weighted by Crippen LogP contribution is -2.26. The van der Waals surface area contributed by atoms with Crippen LogP contribution in [0.2, 0.25) is 5.15 Å². The Morgan fingerprint density at radius 2 is 2.15 bits per heavy atom. The summed E-state index contributed by atoms with van der Waals surface area (Å²) in [5.41, 5.74) is 1.46. The zero-order valence-electron chi connectivity index (χ0n) is 11.3. The summed E-state index contributed by atoms with van der Waals surface area (Å²) >= 11 is 5.77. The third kappa shape index (κ3) is 3.48. The molecule has 1 N–H and O–H groups in total. The van der Waals surface area contributed by atoms with Crippen LogP contribution in [0.15, 0.2) is 42.6 Å². The van der Waals surface area contributed by atoms with Gasteiger partial charge in [-0.3, -0.25) is 4.79 Å². The largest absolute Gasteiger partial charge is 0.497 e. The summed E-state index contributed by atoms with van der Waals surface area (Å²) in [7, 11) is 1.61. The fourth-order valence-corrected chi connectivity index (χ4v) is 1.99. The standard InChI is InChI=1S/C15H15ClN2O2/c1-10(11-4-3-5-13(8-11)20-2)18-15(19)12-6-7-17-14(16)9-12/h3-10H,1-2H3,(H,18,19). The van der Waals surface area contributed by atoms with Crippen LogP contribution in [0.4, 0.5) is 0 Å². The van der Waals surface area contributed by atoms with Crippen molar-refractivity contribution in [1.82, 2.24) is 10.3 Å². The molecule has 1 aromatic heterocycles. The first kappa shape index (κ1) is 14.3. The second kappa shape index (κ2) is 6.39. The number of halogens is 1. The van der Waals surface area contributed by atoms with E-state index >= 15 is 0 Å². The highest BCUT2D eigenvalue weighted by Crippen LogP contribution is 2.19. The number of amides is 1. The average Bonchev–Trinajstić information content (AvgIpc) is 2.47. The third-order valence-electron chi connectivity index (χ3n) is 2.93. The lowest BCUT2D eigenvalue weighted by atomic mass is 10.1. The van der Waals surface area contributed by atoms with Crippen LogP contribution in [0.1, 0.15) is 28.9 Å². The van der Waals surface area contributed by atoms with Crippen molar-refractivity contribution in [2.24, 2.45) is 0 Å². The molecule has 0 spiro atoms. The Morgan fingerprint density at radius 3 is 2.85 bits per heavy atom. The average molecular weight is 291 g/mol. The molecule has 0 aliphatic rings. The molecule has 1 heterocycles. The number of benzene rings is 1. The van der Waals surface area contributed by atoms with Crippen molar-refractivity contribution in [3.05, 3.63) is 58.9 Å².